The smallest absolute Gasteiger partial charge is 0.120 e. The van der Waals surface area contributed by atoms with Gasteiger partial charge in [0.05, 0.1) is 10.0 Å². The zero-order valence-electron chi connectivity index (χ0n) is 6.35. The first-order valence-electron chi connectivity index (χ1n) is 3.52. The zero-order chi connectivity index (χ0) is 9.14. The zero-order valence-corrected chi connectivity index (χ0v) is 7.86. The molecule has 0 aromatic heterocycles. The van der Waals surface area contributed by atoms with E-state index >= 15 is 0 Å². The first-order valence-corrected chi connectivity index (χ1v) is 4.27. The molecular formula is C8H9Cl2NO. The molecule has 0 saturated heterocycles. The molecule has 0 bridgehead atoms. The predicted octanol–water partition coefficient (Wildman–Crippen LogP) is 2.20. The van der Waals surface area contributed by atoms with Gasteiger partial charge in [0, 0.05) is 6.07 Å². The Labute approximate surface area is 80.9 Å². The van der Waals surface area contributed by atoms with Crippen LogP contribution in [0.2, 0.25) is 10.0 Å². The van der Waals surface area contributed by atoms with Crippen LogP contribution in [0, 0.1) is 0 Å². The third-order valence-corrected chi connectivity index (χ3v) is 2.26. The second-order valence-corrected chi connectivity index (χ2v) is 3.25. The Morgan fingerprint density at radius 2 is 1.83 bits per heavy atom. The van der Waals surface area contributed by atoms with Gasteiger partial charge in [-0.25, -0.2) is 0 Å². The summed E-state index contributed by atoms with van der Waals surface area (Å²) in [6.45, 7) is 0.478. The fourth-order valence-electron chi connectivity index (χ4n) is 0.933. The molecule has 0 saturated carbocycles. The molecule has 0 spiro atoms. The topological polar surface area (TPSA) is 46.2 Å². The predicted molar refractivity (Wildman–Crippen MR) is 50.9 cm³/mol. The second kappa shape index (κ2) is 3.99. The van der Waals surface area contributed by atoms with E-state index in [-0.39, 0.29) is 5.75 Å². The van der Waals surface area contributed by atoms with Crippen molar-refractivity contribution in [3.05, 3.63) is 27.7 Å². The van der Waals surface area contributed by atoms with Gasteiger partial charge in [-0.05, 0) is 24.6 Å². The monoisotopic (exact) mass is 205 g/mol. The van der Waals surface area contributed by atoms with Gasteiger partial charge >= 0.3 is 0 Å². The van der Waals surface area contributed by atoms with E-state index < -0.39 is 0 Å². The summed E-state index contributed by atoms with van der Waals surface area (Å²) in [7, 11) is 0. The van der Waals surface area contributed by atoms with Crippen molar-refractivity contribution in [2.75, 3.05) is 6.54 Å². The molecule has 0 unspecified atom stereocenters. The Morgan fingerprint density at radius 3 is 2.42 bits per heavy atom. The van der Waals surface area contributed by atoms with Gasteiger partial charge in [-0.3, -0.25) is 0 Å². The summed E-state index contributed by atoms with van der Waals surface area (Å²) in [5.41, 5.74) is 6.06. The van der Waals surface area contributed by atoms with E-state index in [2.05, 4.69) is 0 Å². The molecule has 0 aliphatic rings. The van der Waals surface area contributed by atoms with Gasteiger partial charge in [-0.2, -0.15) is 0 Å². The number of benzene rings is 1. The second-order valence-electron chi connectivity index (χ2n) is 2.43. The Balaban J connectivity index is 3.05. The molecule has 0 atom stereocenters. The van der Waals surface area contributed by atoms with E-state index in [0.717, 1.165) is 5.56 Å². The Morgan fingerprint density at radius 1 is 1.25 bits per heavy atom. The summed E-state index contributed by atoms with van der Waals surface area (Å²) < 4.78 is 0. The van der Waals surface area contributed by atoms with Crippen molar-refractivity contribution in [2.24, 2.45) is 5.73 Å². The van der Waals surface area contributed by atoms with E-state index in [9.17, 15) is 5.11 Å². The molecule has 3 N–H and O–H groups in total. The van der Waals surface area contributed by atoms with Crippen molar-refractivity contribution in [3.8, 4) is 5.75 Å². The van der Waals surface area contributed by atoms with Gasteiger partial charge < -0.3 is 10.8 Å². The number of hydrogen-bond donors (Lipinski definition) is 2. The minimum atomic E-state index is 0.148. The van der Waals surface area contributed by atoms with Crippen LogP contribution in [0.5, 0.6) is 5.75 Å². The van der Waals surface area contributed by atoms with Crippen LogP contribution in [0.15, 0.2) is 12.1 Å². The lowest BCUT2D eigenvalue weighted by Crippen LogP contribution is -2.02. The molecule has 0 heterocycles. The number of phenols is 1. The summed E-state index contributed by atoms with van der Waals surface area (Å²) in [5.74, 6) is 0.148. The van der Waals surface area contributed by atoms with E-state index in [0.29, 0.717) is 23.0 Å². The summed E-state index contributed by atoms with van der Waals surface area (Å²) in [5, 5.41) is 10.1. The minimum Gasteiger partial charge on any atom is -0.508 e. The van der Waals surface area contributed by atoms with E-state index in [4.69, 9.17) is 28.9 Å². The van der Waals surface area contributed by atoms with E-state index in [1.807, 2.05) is 0 Å². The lowest BCUT2D eigenvalue weighted by atomic mass is 10.1. The van der Waals surface area contributed by atoms with Crippen LogP contribution < -0.4 is 5.73 Å². The molecule has 1 rings (SSSR count). The number of aromatic hydroxyl groups is 1. The van der Waals surface area contributed by atoms with Crippen LogP contribution in [-0.2, 0) is 6.42 Å². The molecule has 2 nitrogen and oxygen atoms in total. The van der Waals surface area contributed by atoms with Crippen LogP contribution in [0.25, 0.3) is 0 Å². The first kappa shape index (κ1) is 9.65. The van der Waals surface area contributed by atoms with Gasteiger partial charge in [0.2, 0.25) is 0 Å². The standard InChI is InChI=1S/C8H9Cl2NO/c9-6-3-5(1-2-11)8(12)4-7(6)10/h3-4,12H,1-2,11H2. The molecule has 0 aliphatic heterocycles. The van der Waals surface area contributed by atoms with Crippen molar-refractivity contribution >= 4 is 23.2 Å². The van der Waals surface area contributed by atoms with Crippen LogP contribution in [0.4, 0.5) is 0 Å². The highest BCUT2D eigenvalue weighted by atomic mass is 35.5. The minimum absolute atomic E-state index is 0.148. The Kier molecular flexibility index (Phi) is 3.20. The highest BCUT2D eigenvalue weighted by Crippen LogP contribution is 2.29. The van der Waals surface area contributed by atoms with Crippen molar-refractivity contribution in [2.45, 2.75) is 6.42 Å². The SMILES string of the molecule is NCCc1cc(Cl)c(Cl)cc1O. The van der Waals surface area contributed by atoms with Gasteiger partial charge in [-0.1, -0.05) is 23.2 Å². The van der Waals surface area contributed by atoms with Crippen LogP contribution >= 0.6 is 23.2 Å². The summed E-state index contributed by atoms with van der Waals surface area (Å²) in [4.78, 5) is 0. The average molecular weight is 206 g/mol. The van der Waals surface area contributed by atoms with Crippen molar-refractivity contribution < 1.29 is 5.11 Å². The normalized spacial score (nSPS) is 10.2. The Bertz CT molecular complexity index is 289. The molecule has 4 heteroatoms. The average Bonchev–Trinajstić information content (AvgIpc) is 2.01. The maximum atomic E-state index is 9.35. The number of phenolic OH excluding ortho intramolecular Hbond substituents is 1. The third kappa shape index (κ3) is 2.03. The third-order valence-electron chi connectivity index (χ3n) is 1.54. The quantitative estimate of drug-likeness (QED) is 0.779. The fourth-order valence-corrected chi connectivity index (χ4v) is 1.28. The summed E-state index contributed by atoms with van der Waals surface area (Å²) in [6.07, 6.45) is 0.600. The maximum absolute atomic E-state index is 9.35. The molecular weight excluding hydrogens is 197 g/mol. The lowest BCUT2D eigenvalue weighted by molar-refractivity contribution is 0.468. The number of halogens is 2. The number of nitrogens with two attached hydrogens (primary N) is 1. The van der Waals surface area contributed by atoms with Gasteiger partial charge in [-0.15, -0.1) is 0 Å². The van der Waals surface area contributed by atoms with E-state index in [1.165, 1.54) is 6.07 Å². The van der Waals surface area contributed by atoms with Gasteiger partial charge in [0.1, 0.15) is 5.75 Å². The van der Waals surface area contributed by atoms with Crippen LogP contribution in [0.1, 0.15) is 5.56 Å². The largest absolute Gasteiger partial charge is 0.508 e. The van der Waals surface area contributed by atoms with E-state index in [1.54, 1.807) is 6.07 Å². The first-order chi connectivity index (χ1) is 5.65. The van der Waals surface area contributed by atoms with Crippen molar-refractivity contribution in [1.29, 1.82) is 0 Å². The van der Waals surface area contributed by atoms with Crippen molar-refractivity contribution in [3.63, 3.8) is 0 Å². The van der Waals surface area contributed by atoms with Crippen molar-refractivity contribution in [1.82, 2.24) is 0 Å². The fraction of sp³-hybridized carbons (Fsp3) is 0.250. The summed E-state index contributed by atoms with van der Waals surface area (Å²) in [6, 6.07) is 3.06. The summed E-state index contributed by atoms with van der Waals surface area (Å²) >= 11 is 11.4. The molecule has 12 heavy (non-hydrogen) atoms. The molecule has 66 valence electrons. The van der Waals surface area contributed by atoms with Gasteiger partial charge in [0.15, 0.2) is 0 Å². The molecule has 1 aromatic carbocycles. The molecule has 1 aromatic rings. The highest BCUT2D eigenvalue weighted by molar-refractivity contribution is 6.42. The van der Waals surface area contributed by atoms with Crippen LogP contribution in [-0.4, -0.2) is 11.7 Å². The molecule has 0 amide bonds. The number of hydrogen-bond acceptors (Lipinski definition) is 2. The lowest BCUT2D eigenvalue weighted by Gasteiger charge is -2.04. The molecule has 0 aliphatic carbocycles. The maximum Gasteiger partial charge on any atom is 0.120 e. The van der Waals surface area contributed by atoms with Gasteiger partial charge in [0.25, 0.3) is 0 Å². The molecule has 0 radical (unpaired) electrons. The Hall–Kier alpha value is -0.440. The van der Waals surface area contributed by atoms with Crippen LogP contribution in [0.3, 0.4) is 0 Å². The molecule has 0 fully saturated rings. The number of rotatable bonds is 2. The highest BCUT2D eigenvalue weighted by Gasteiger charge is 2.04.